The minimum atomic E-state index is 0.137. The van der Waals surface area contributed by atoms with Crippen LogP contribution in [-0.4, -0.2) is 63.5 Å². The van der Waals surface area contributed by atoms with Crippen molar-refractivity contribution < 1.29 is 4.79 Å². The van der Waals surface area contributed by atoms with Gasteiger partial charge in [-0.05, 0) is 40.0 Å². The smallest absolute Gasteiger partial charge is 0.236 e. The van der Waals surface area contributed by atoms with Crippen LogP contribution in [0, 0.1) is 0 Å². The highest BCUT2D eigenvalue weighted by Gasteiger charge is 2.01. The summed E-state index contributed by atoms with van der Waals surface area (Å²) in [6.07, 6.45) is 2.30. The van der Waals surface area contributed by atoms with Crippen molar-refractivity contribution in [1.29, 1.82) is 0 Å². The molecular weight excluding hydrogens is 178 g/mol. The van der Waals surface area contributed by atoms with E-state index in [1.807, 2.05) is 0 Å². The molecule has 84 valence electrons. The molecule has 0 saturated heterocycles. The molecule has 0 bridgehead atoms. The van der Waals surface area contributed by atoms with Crippen LogP contribution < -0.4 is 5.32 Å². The number of nitrogens with one attached hydrogen (secondary N) is 1. The van der Waals surface area contributed by atoms with Crippen molar-refractivity contribution in [3.05, 3.63) is 0 Å². The molecule has 0 aliphatic carbocycles. The second kappa shape index (κ2) is 7.76. The maximum absolute atomic E-state index is 11.1. The van der Waals surface area contributed by atoms with Crippen LogP contribution >= 0.6 is 0 Å². The first-order chi connectivity index (χ1) is 6.54. The first-order valence-corrected chi connectivity index (χ1v) is 5.09. The third kappa shape index (κ3) is 8.01. The number of carbonyl (C=O) groups is 1. The van der Waals surface area contributed by atoms with E-state index in [9.17, 15) is 4.79 Å². The normalized spacial score (nSPS) is 10.6. The van der Waals surface area contributed by atoms with E-state index in [1.54, 1.807) is 19.0 Å². The molecule has 0 spiro atoms. The fraction of sp³-hybridized carbons (Fsp3) is 0.900. The summed E-state index contributed by atoms with van der Waals surface area (Å²) in [5.41, 5.74) is 0. The fourth-order valence-electron chi connectivity index (χ4n) is 1.03. The van der Waals surface area contributed by atoms with Crippen LogP contribution in [0.4, 0.5) is 0 Å². The van der Waals surface area contributed by atoms with Crippen molar-refractivity contribution in [1.82, 2.24) is 15.1 Å². The number of carbonyl (C=O) groups excluding carboxylic acids is 1. The lowest BCUT2D eigenvalue weighted by atomic mass is 10.3. The molecule has 0 aromatic carbocycles. The summed E-state index contributed by atoms with van der Waals surface area (Å²) in [4.78, 5) is 14.9. The highest BCUT2D eigenvalue weighted by Crippen LogP contribution is 1.88. The van der Waals surface area contributed by atoms with Crippen LogP contribution in [-0.2, 0) is 4.79 Å². The number of hydrogen-bond donors (Lipinski definition) is 1. The predicted octanol–water partition coefficient (Wildman–Crippen LogP) is 0.00600. The molecule has 4 heteroatoms. The van der Waals surface area contributed by atoms with Crippen molar-refractivity contribution in [3.63, 3.8) is 0 Å². The monoisotopic (exact) mass is 201 g/mol. The Kier molecular flexibility index (Phi) is 7.42. The van der Waals surface area contributed by atoms with Gasteiger partial charge in [0, 0.05) is 14.1 Å². The molecule has 0 unspecified atom stereocenters. The Balaban J connectivity index is 3.18. The average molecular weight is 201 g/mol. The lowest BCUT2D eigenvalue weighted by molar-refractivity contribution is -0.127. The summed E-state index contributed by atoms with van der Waals surface area (Å²) >= 11 is 0. The van der Waals surface area contributed by atoms with Gasteiger partial charge in [0.25, 0.3) is 0 Å². The molecule has 0 saturated carbocycles. The molecule has 0 aliphatic rings. The van der Waals surface area contributed by atoms with E-state index in [-0.39, 0.29) is 5.91 Å². The second-order valence-electron chi connectivity index (χ2n) is 3.98. The van der Waals surface area contributed by atoms with E-state index >= 15 is 0 Å². The van der Waals surface area contributed by atoms with E-state index in [4.69, 9.17) is 0 Å². The van der Waals surface area contributed by atoms with Crippen molar-refractivity contribution in [2.75, 3.05) is 47.8 Å². The second-order valence-corrected chi connectivity index (χ2v) is 3.98. The van der Waals surface area contributed by atoms with Gasteiger partial charge in [-0.3, -0.25) is 4.79 Å². The number of rotatable bonds is 7. The molecule has 14 heavy (non-hydrogen) atoms. The SMILES string of the molecule is CN(C)CCCCNCC(=O)N(C)C. The van der Waals surface area contributed by atoms with Gasteiger partial charge in [0.05, 0.1) is 6.54 Å². The van der Waals surface area contributed by atoms with Gasteiger partial charge in [0.1, 0.15) is 0 Å². The van der Waals surface area contributed by atoms with Crippen molar-refractivity contribution in [2.45, 2.75) is 12.8 Å². The van der Waals surface area contributed by atoms with Gasteiger partial charge in [0.2, 0.25) is 5.91 Å². The lowest BCUT2D eigenvalue weighted by Crippen LogP contribution is -2.33. The zero-order chi connectivity index (χ0) is 11.0. The van der Waals surface area contributed by atoms with Gasteiger partial charge in [-0.15, -0.1) is 0 Å². The standard InChI is InChI=1S/C10H23N3O/c1-12(2)8-6-5-7-11-9-10(14)13(3)4/h11H,5-9H2,1-4H3. The van der Waals surface area contributed by atoms with Gasteiger partial charge >= 0.3 is 0 Å². The molecule has 0 atom stereocenters. The predicted molar refractivity (Wildman–Crippen MR) is 59.4 cm³/mol. The molecule has 1 amide bonds. The van der Waals surface area contributed by atoms with E-state index < -0.39 is 0 Å². The molecule has 1 N–H and O–H groups in total. The third-order valence-corrected chi connectivity index (χ3v) is 1.98. The summed E-state index contributed by atoms with van der Waals surface area (Å²) in [7, 11) is 7.69. The van der Waals surface area contributed by atoms with Crippen LogP contribution in [0.2, 0.25) is 0 Å². The number of unbranched alkanes of at least 4 members (excludes halogenated alkanes) is 1. The minimum Gasteiger partial charge on any atom is -0.348 e. The Morgan fingerprint density at radius 2 is 1.79 bits per heavy atom. The molecule has 0 aliphatic heterocycles. The van der Waals surface area contributed by atoms with Gasteiger partial charge in [-0.25, -0.2) is 0 Å². The van der Waals surface area contributed by atoms with E-state index in [2.05, 4.69) is 24.3 Å². The van der Waals surface area contributed by atoms with Gasteiger partial charge in [-0.2, -0.15) is 0 Å². The molecular formula is C10H23N3O. The summed E-state index contributed by atoms with van der Waals surface area (Å²) in [5.74, 6) is 0.137. The highest BCUT2D eigenvalue weighted by atomic mass is 16.2. The Morgan fingerprint density at radius 3 is 2.29 bits per heavy atom. The van der Waals surface area contributed by atoms with E-state index in [0.717, 1.165) is 19.5 Å². The van der Waals surface area contributed by atoms with Crippen molar-refractivity contribution in [3.8, 4) is 0 Å². The summed E-state index contributed by atoms with van der Waals surface area (Å²) in [6, 6.07) is 0. The number of nitrogens with zero attached hydrogens (tertiary/aromatic N) is 2. The summed E-state index contributed by atoms with van der Waals surface area (Å²) in [5, 5.41) is 3.13. The van der Waals surface area contributed by atoms with Crippen molar-refractivity contribution >= 4 is 5.91 Å². The molecule has 0 aromatic heterocycles. The van der Waals surface area contributed by atoms with Crippen LogP contribution in [0.15, 0.2) is 0 Å². The third-order valence-electron chi connectivity index (χ3n) is 1.98. The van der Waals surface area contributed by atoms with Crippen LogP contribution in [0.1, 0.15) is 12.8 Å². The highest BCUT2D eigenvalue weighted by molar-refractivity contribution is 5.77. The molecule has 0 fully saturated rings. The van der Waals surface area contributed by atoms with Crippen LogP contribution in [0.3, 0.4) is 0 Å². The van der Waals surface area contributed by atoms with E-state index in [1.165, 1.54) is 6.42 Å². The largest absolute Gasteiger partial charge is 0.348 e. The van der Waals surface area contributed by atoms with Crippen LogP contribution in [0.25, 0.3) is 0 Å². The number of likely N-dealkylation sites (N-methyl/N-ethyl adjacent to an activating group) is 1. The molecule has 0 heterocycles. The first kappa shape index (κ1) is 13.4. The molecule has 0 aromatic rings. The maximum atomic E-state index is 11.1. The first-order valence-electron chi connectivity index (χ1n) is 5.09. The Labute approximate surface area is 87.3 Å². The summed E-state index contributed by atoms with van der Waals surface area (Å²) in [6.45, 7) is 2.49. The van der Waals surface area contributed by atoms with Crippen molar-refractivity contribution in [2.24, 2.45) is 0 Å². The number of hydrogen-bond acceptors (Lipinski definition) is 3. The average Bonchev–Trinajstić information content (AvgIpc) is 2.09. The van der Waals surface area contributed by atoms with Crippen LogP contribution in [0.5, 0.6) is 0 Å². The lowest BCUT2D eigenvalue weighted by Gasteiger charge is -2.11. The topological polar surface area (TPSA) is 35.6 Å². The van der Waals surface area contributed by atoms with Gasteiger partial charge in [-0.1, -0.05) is 0 Å². The molecule has 4 nitrogen and oxygen atoms in total. The van der Waals surface area contributed by atoms with E-state index in [0.29, 0.717) is 6.54 Å². The Morgan fingerprint density at radius 1 is 1.14 bits per heavy atom. The molecule has 0 radical (unpaired) electrons. The Hall–Kier alpha value is -0.610. The minimum absolute atomic E-state index is 0.137. The zero-order valence-electron chi connectivity index (χ0n) is 9.84. The fourth-order valence-corrected chi connectivity index (χ4v) is 1.03. The van der Waals surface area contributed by atoms with Gasteiger partial charge < -0.3 is 15.1 Å². The van der Waals surface area contributed by atoms with Gasteiger partial charge in [0.15, 0.2) is 0 Å². The summed E-state index contributed by atoms with van der Waals surface area (Å²) < 4.78 is 0. The Bertz CT molecular complexity index is 157. The zero-order valence-corrected chi connectivity index (χ0v) is 9.84. The maximum Gasteiger partial charge on any atom is 0.236 e. The number of amides is 1. The molecule has 0 rings (SSSR count). The quantitative estimate of drug-likeness (QED) is 0.589.